The Morgan fingerprint density at radius 3 is 2.42 bits per heavy atom. The van der Waals surface area contributed by atoms with E-state index in [1.165, 1.54) is 19.2 Å². The van der Waals surface area contributed by atoms with Gasteiger partial charge in [-0.15, -0.1) is 0 Å². The SMILES string of the molecule is COC(=O)c1ccc(N2C(=O)CC(N(CCN3CCOCC3)C(=O)C3CC3)C2=O)cc1. The van der Waals surface area contributed by atoms with Crippen LogP contribution in [0.1, 0.15) is 29.6 Å². The van der Waals surface area contributed by atoms with Crippen LogP contribution in [-0.2, 0) is 23.9 Å². The maximum atomic E-state index is 13.2. The van der Waals surface area contributed by atoms with Crippen LogP contribution in [0.3, 0.4) is 0 Å². The van der Waals surface area contributed by atoms with Gasteiger partial charge in [0.2, 0.25) is 11.8 Å². The molecule has 2 saturated heterocycles. The van der Waals surface area contributed by atoms with Crippen LogP contribution < -0.4 is 4.90 Å². The zero-order valence-corrected chi connectivity index (χ0v) is 17.6. The molecule has 0 bridgehead atoms. The fourth-order valence-electron chi connectivity index (χ4n) is 4.05. The minimum atomic E-state index is -0.790. The van der Waals surface area contributed by atoms with Crippen molar-refractivity contribution in [2.75, 3.05) is 51.4 Å². The molecular formula is C22H27N3O6. The summed E-state index contributed by atoms with van der Waals surface area (Å²) < 4.78 is 10.1. The Kier molecular flexibility index (Phi) is 6.33. The first-order valence-corrected chi connectivity index (χ1v) is 10.7. The number of amides is 3. The Balaban J connectivity index is 1.49. The minimum absolute atomic E-state index is 0.0286. The van der Waals surface area contributed by atoms with E-state index < -0.39 is 17.9 Å². The number of hydrogen-bond donors (Lipinski definition) is 0. The highest BCUT2D eigenvalue weighted by atomic mass is 16.5. The van der Waals surface area contributed by atoms with E-state index in [0.29, 0.717) is 37.6 Å². The second-order valence-corrected chi connectivity index (χ2v) is 8.09. The molecule has 1 atom stereocenters. The van der Waals surface area contributed by atoms with Gasteiger partial charge in [-0.1, -0.05) is 0 Å². The maximum Gasteiger partial charge on any atom is 0.337 e. The molecule has 3 amide bonds. The van der Waals surface area contributed by atoms with Gasteiger partial charge in [0.1, 0.15) is 6.04 Å². The molecule has 0 spiro atoms. The zero-order valence-electron chi connectivity index (χ0n) is 17.6. The number of carbonyl (C=O) groups excluding carboxylic acids is 4. The average Bonchev–Trinajstić information content (AvgIpc) is 3.60. The number of hydrogen-bond acceptors (Lipinski definition) is 7. The number of benzene rings is 1. The van der Waals surface area contributed by atoms with Gasteiger partial charge >= 0.3 is 5.97 Å². The fraction of sp³-hybridized carbons (Fsp3) is 0.545. The van der Waals surface area contributed by atoms with Crippen molar-refractivity contribution in [1.82, 2.24) is 9.80 Å². The number of rotatable bonds is 7. The second kappa shape index (κ2) is 9.15. The van der Waals surface area contributed by atoms with Crippen LogP contribution in [0.25, 0.3) is 0 Å². The molecule has 9 heteroatoms. The number of ether oxygens (including phenoxy) is 2. The molecule has 4 rings (SSSR count). The molecule has 31 heavy (non-hydrogen) atoms. The van der Waals surface area contributed by atoms with Gasteiger partial charge in [-0.25, -0.2) is 9.69 Å². The number of methoxy groups -OCH3 is 1. The lowest BCUT2D eigenvalue weighted by Crippen LogP contribution is -2.50. The summed E-state index contributed by atoms with van der Waals surface area (Å²) in [6.45, 7) is 3.96. The molecule has 3 fully saturated rings. The van der Waals surface area contributed by atoms with Gasteiger partial charge in [-0.2, -0.15) is 0 Å². The topological polar surface area (TPSA) is 96.5 Å². The Hall–Kier alpha value is -2.78. The summed E-state index contributed by atoms with van der Waals surface area (Å²) in [5.41, 5.74) is 0.718. The van der Waals surface area contributed by atoms with Gasteiger partial charge in [0.05, 0.1) is 38.0 Å². The normalized spacial score (nSPS) is 22.0. The highest BCUT2D eigenvalue weighted by molar-refractivity contribution is 6.23. The van der Waals surface area contributed by atoms with E-state index in [1.807, 2.05) is 0 Å². The van der Waals surface area contributed by atoms with E-state index >= 15 is 0 Å². The van der Waals surface area contributed by atoms with Gasteiger partial charge in [0.25, 0.3) is 5.91 Å². The van der Waals surface area contributed by atoms with E-state index in [0.717, 1.165) is 30.8 Å². The Morgan fingerprint density at radius 2 is 1.81 bits per heavy atom. The van der Waals surface area contributed by atoms with Gasteiger partial charge in [-0.05, 0) is 37.1 Å². The van der Waals surface area contributed by atoms with E-state index in [9.17, 15) is 19.2 Å². The molecule has 0 N–H and O–H groups in total. The number of esters is 1. The van der Waals surface area contributed by atoms with Crippen LogP contribution in [0.4, 0.5) is 5.69 Å². The lowest BCUT2D eigenvalue weighted by atomic mass is 10.1. The molecule has 1 aromatic carbocycles. The van der Waals surface area contributed by atoms with Gasteiger partial charge in [0, 0.05) is 32.1 Å². The van der Waals surface area contributed by atoms with Gasteiger partial charge < -0.3 is 14.4 Å². The van der Waals surface area contributed by atoms with Crippen molar-refractivity contribution in [3.63, 3.8) is 0 Å². The number of nitrogens with zero attached hydrogens (tertiary/aromatic N) is 3. The molecule has 1 aliphatic carbocycles. The molecule has 3 aliphatic rings. The van der Waals surface area contributed by atoms with E-state index in [2.05, 4.69) is 9.64 Å². The number of imide groups is 1. The fourth-order valence-corrected chi connectivity index (χ4v) is 4.05. The van der Waals surface area contributed by atoms with Crippen LogP contribution in [0, 0.1) is 5.92 Å². The molecule has 1 saturated carbocycles. The quantitative estimate of drug-likeness (QED) is 0.464. The maximum absolute atomic E-state index is 13.2. The lowest BCUT2D eigenvalue weighted by Gasteiger charge is -2.32. The molecule has 166 valence electrons. The lowest BCUT2D eigenvalue weighted by molar-refractivity contribution is -0.139. The summed E-state index contributed by atoms with van der Waals surface area (Å²) in [7, 11) is 1.29. The third-order valence-corrected chi connectivity index (χ3v) is 6.02. The molecule has 1 unspecified atom stereocenters. The minimum Gasteiger partial charge on any atom is -0.465 e. The Morgan fingerprint density at radius 1 is 1.13 bits per heavy atom. The first kappa shape index (κ1) is 21.5. The number of carbonyl (C=O) groups is 4. The van der Waals surface area contributed by atoms with Crippen molar-refractivity contribution in [3.8, 4) is 0 Å². The van der Waals surface area contributed by atoms with Crippen molar-refractivity contribution in [3.05, 3.63) is 29.8 Å². The zero-order chi connectivity index (χ0) is 22.0. The summed E-state index contributed by atoms with van der Waals surface area (Å²) >= 11 is 0. The second-order valence-electron chi connectivity index (χ2n) is 8.09. The van der Waals surface area contributed by atoms with E-state index in [-0.39, 0.29) is 24.2 Å². The van der Waals surface area contributed by atoms with Crippen LogP contribution in [0.2, 0.25) is 0 Å². The summed E-state index contributed by atoms with van der Waals surface area (Å²) in [5, 5.41) is 0. The van der Waals surface area contributed by atoms with Gasteiger partial charge in [-0.3, -0.25) is 19.3 Å². The molecule has 2 heterocycles. The van der Waals surface area contributed by atoms with Crippen LogP contribution in [-0.4, -0.2) is 86.0 Å². The average molecular weight is 429 g/mol. The number of anilines is 1. The molecular weight excluding hydrogens is 402 g/mol. The van der Waals surface area contributed by atoms with Crippen molar-refractivity contribution in [2.24, 2.45) is 5.92 Å². The van der Waals surface area contributed by atoms with Crippen molar-refractivity contribution in [1.29, 1.82) is 0 Å². The predicted molar refractivity (Wildman–Crippen MR) is 110 cm³/mol. The smallest absolute Gasteiger partial charge is 0.337 e. The summed E-state index contributed by atoms with van der Waals surface area (Å²) in [4.78, 5) is 55.5. The van der Waals surface area contributed by atoms with E-state index in [4.69, 9.17) is 4.74 Å². The molecule has 0 radical (unpaired) electrons. The number of morpholine rings is 1. The van der Waals surface area contributed by atoms with Crippen LogP contribution in [0.15, 0.2) is 24.3 Å². The Labute approximate surface area is 180 Å². The standard InChI is InChI=1S/C22H27N3O6/c1-30-22(29)16-4-6-17(7-5-16)25-19(26)14-18(21(25)28)24(20(27)15-2-3-15)9-8-23-10-12-31-13-11-23/h4-7,15,18H,2-3,8-14H2,1H3. The van der Waals surface area contributed by atoms with Crippen molar-refractivity contribution in [2.45, 2.75) is 25.3 Å². The largest absolute Gasteiger partial charge is 0.465 e. The summed E-state index contributed by atoms with van der Waals surface area (Å²) in [6, 6.07) is 5.33. The summed E-state index contributed by atoms with van der Waals surface area (Å²) in [6.07, 6.45) is 1.64. The monoisotopic (exact) mass is 429 g/mol. The molecule has 1 aromatic rings. The van der Waals surface area contributed by atoms with Crippen LogP contribution in [0.5, 0.6) is 0 Å². The van der Waals surface area contributed by atoms with Crippen molar-refractivity contribution >= 4 is 29.4 Å². The van der Waals surface area contributed by atoms with Gasteiger partial charge in [0.15, 0.2) is 0 Å². The third-order valence-electron chi connectivity index (χ3n) is 6.02. The molecule has 0 aromatic heterocycles. The molecule has 9 nitrogen and oxygen atoms in total. The molecule has 2 aliphatic heterocycles. The third kappa shape index (κ3) is 4.62. The van der Waals surface area contributed by atoms with E-state index in [1.54, 1.807) is 17.0 Å². The Bertz CT molecular complexity index is 861. The summed E-state index contributed by atoms with van der Waals surface area (Å²) in [5.74, 6) is -1.32. The van der Waals surface area contributed by atoms with Crippen molar-refractivity contribution < 1.29 is 28.7 Å². The predicted octanol–water partition coefficient (Wildman–Crippen LogP) is 0.676. The first-order valence-electron chi connectivity index (χ1n) is 10.7. The highest BCUT2D eigenvalue weighted by Gasteiger charge is 2.46. The van der Waals surface area contributed by atoms with Crippen LogP contribution >= 0.6 is 0 Å². The highest BCUT2D eigenvalue weighted by Crippen LogP contribution is 2.34. The first-order chi connectivity index (χ1) is 15.0.